The lowest BCUT2D eigenvalue weighted by atomic mass is 10.2. The summed E-state index contributed by atoms with van der Waals surface area (Å²) in [6.07, 6.45) is 0. The van der Waals surface area contributed by atoms with Crippen molar-refractivity contribution in [1.29, 1.82) is 0 Å². The average Bonchev–Trinajstić information content (AvgIpc) is 2.62. The highest BCUT2D eigenvalue weighted by atomic mass is 35.5. The van der Waals surface area contributed by atoms with E-state index < -0.39 is 29.7 Å². The number of anilines is 1. The molecule has 0 unspecified atom stereocenters. The van der Waals surface area contributed by atoms with Crippen LogP contribution in [-0.2, 0) is 9.53 Å². The molecule has 0 fully saturated rings. The number of benzene rings is 2. The highest BCUT2D eigenvalue weighted by molar-refractivity contribution is 6.31. The topological polar surface area (TPSA) is 85.6 Å². The van der Waals surface area contributed by atoms with Crippen molar-refractivity contribution in [2.45, 2.75) is 0 Å². The number of para-hydroxylation sites is 1. The van der Waals surface area contributed by atoms with Crippen molar-refractivity contribution in [1.82, 2.24) is 0 Å². The number of fused-ring (bicyclic) bond motifs is 1. The van der Waals surface area contributed by atoms with Crippen molar-refractivity contribution < 1.29 is 23.1 Å². The maximum absolute atomic E-state index is 13.5. The van der Waals surface area contributed by atoms with E-state index in [1.165, 1.54) is 36.4 Å². The fraction of sp³-hybridized carbons (Fsp3) is 0.0556. The fourth-order valence-corrected chi connectivity index (χ4v) is 2.35. The third-order valence-electron chi connectivity index (χ3n) is 3.37. The minimum absolute atomic E-state index is 0.0392. The van der Waals surface area contributed by atoms with Crippen molar-refractivity contribution in [2.24, 2.45) is 0 Å². The first kappa shape index (κ1) is 17.6. The molecule has 0 atom stereocenters. The van der Waals surface area contributed by atoms with Gasteiger partial charge in [0.2, 0.25) is 5.76 Å². The molecule has 1 aromatic heterocycles. The van der Waals surface area contributed by atoms with E-state index in [2.05, 4.69) is 5.32 Å². The second-order valence-electron chi connectivity index (χ2n) is 5.22. The van der Waals surface area contributed by atoms with Crippen LogP contribution in [0.4, 0.5) is 10.1 Å². The van der Waals surface area contributed by atoms with Crippen LogP contribution in [0.15, 0.2) is 57.7 Å². The Balaban J connectivity index is 1.69. The zero-order chi connectivity index (χ0) is 18.7. The summed E-state index contributed by atoms with van der Waals surface area (Å²) in [5.41, 5.74) is -0.358. The Hall–Kier alpha value is -3.19. The van der Waals surface area contributed by atoms with Crippen LogP contribution in [0.3, 0.4) is 0 Å². The van der Waals surface area contributed by atoms with Gasteiger partial charge in [0.05, 0.1) is 11.1 Å². The summed E-state index contributed by atoms with van der Waals surface area (Å²) in [7, 11) is 0. The highest BCUT2D eigenvalue weighted by Crippen LogP contribution is 2.18. The number of ether oxygens (including phenoxy) is 1. The number of amides is 1. The third-order valence-corrected chi connectivity index (χ3v) is 3.61. The summed E-state index contributed by atoms with van der Waals surface area (Å²) in [6.45, 7) is -0.671. The van der Waals surface area contributed by atoms with Gasteiger partial charge in [-0.1, -0.05) is 23.7 Å². The van der Waals surface area contributed by atoms with Crippen LogP contribution in [0.1, 0.15) is 10.6 Å². The molecule has 0 saturated heterocycles. The Morgan fingerprint density at radius 3 is 2.69 bits per heavy atom. The second kappa shape index (κ2) is 7.37. The zero-order valence-corrected chi connectivity index (χ0v) is 13.9. The summed E-state index contributed by atoms with van der Waals surface area (Å²) in [5.74, 6) is -2.71. The van der Waals surface area contributed by atoms with Gasteiger partial charge in [-0.3, -0.25) is 9.59 Å². The van der Waals surface area contributed by atoms with Gasteiger partial charge in [0.1, 0.15) is 11.4 Å². The maximum atomic E-state index is 13.5. The molecule has 2 aromatic carbocycles. The van der Waals surface area contributed by atoms with Crippen LogP contribution >= 0.6 is 11.6 Å². The zero-order valence-electron chi connectivity index (χ0n) is 13.1. The molecule has 1 N–H and O–H groups in total. The van der Waals surface area contributed by atoms with Crippen LogP contribution in [0, 0.1) is 5.82 Å². The standard InChI is InChI=1S/C18H11ClFNO5/c19-10-5-6-15-11(7-10)14(22)8-16(26-15)18(24)25-9-17(23)21-13-4-2-1-3-12(13)20/h1-8H,9H2,(H,21,23). The molecule has 132 valence electrons. The molecule has 0 aliphatic rings. The van der Waals surface area contributed by atoms with Crippen LogP contribution in [0.25, 0.3) is 11.0 Å². The second-order valence-corrected chi connectivity index (χ2v) is 5.66. The Labute approximate surface area is 151 Å². The van der Waals surface area contributed by atoms with Crippen LogP contribution < -0.4 is 10.7 Å². The van der Waals surface area contributed by atoms with Gasteiger partial charge in [0.25, 0.3) is 5.91 Å². The molecule has 3 rings (SSSR count). The molecule has 0 aliphatic carbocycles. The van der Waals surface area contributed by atoms with Crippen LogP contribution in [0.2, 0.25) is 5.02 Å². The Kier molecular flexibility index (Phi) is 4.99. The normalized spacial score (nSPS) is 10.5. The molecule has 1 heterocycles. The average molecular weight is 376 g/mol. The highest BCUT2D eigenvalue weighted by Gasteiger charge is 2.16. The number of halogens is 2. The molecule has 0 aliphatic heterocycles. The first-order valence-corrected chi connectivity index (χ1v) is 7.77. The van der Waals surface area contributed by atoms with Crippen LogP contribution in [-0.4, -0.2) is 18.5 Å². The Morgan fingerprint density at radius 2 is 1.92 bits per heavy atom. The predicted octanol–water partition coefficient (Wildman–Crippen LogP) is 3.38. The lowest BCUT2D eigenvalue weighted by Crippen LogP contribution is -2.22. The van der Waals surface area contributed by atoms with E-state index in [9.17, 15) is 18.8 Å². The first-order chi connectivity index (χ1) is 12.4. The monoisotopic (exact) mass is 375 g/mol. The molecule has 1 amide bonds. The minimum atomic E-state index is -0.998. The molecule has 0 bridgehead atoms. The van der Waals surface area contributed by atoms with Gasteiger partial charge in [-0.15, -0.1) is 0 Å². The summed E-state index contributed by atoms with van der Waals surface area (Å²) in [5, 5.41) is 2.83. The van der Waals surface area contributed by atoms with E-state index >= 15 is 0 Å². The molecule has 0 saturated carbocycles. The molecule has 0 spiro atoms. The van der Waals surface area contributed by atoms with Gasteiger partial charge in [0, 0.05) is 11.1 Å². The molecular weight excluding hydrogens is 365 g/mol. The van der Waals surface area contributed by atoms with Crippen molar-refractivity contribution in [3.8, 4) is 0 Å². The lowest BCUT2D eigenvalue weighted by molar-refractivity contribution is -0.119. The number of hydrogen-bond donors (Lipinski definition) is 1. The third kappa shape index (κ3) is 3.89. The van der Waals surface area contributed by atoms with E-state index in [0.29, 0.717) is 5.02 Å². The Morgan fingerprint density at radius 1 is 1.15 bits per heavy atom. The van der Waals surface area contributed by atoms with Gasteiger partial charge in [0.15, 0.2) is 12.0 Å². The largest absolute Gasteiger partial charge is 0.450 e. The van der Waals surface area contributed by atoms with E-state index in [0.717, 1.165) is 6.07 Å². The van der Waals surface area contributed by atoms with Gasteiger partial charge in [-0.2, -0.15) is 0 Å². The van der Waals surface area contributed by atoms with Gasteiger partial charge in [-0.05, 0) is 30.3 Å². The van der Waals surface area contributed by atoms with E-state index in [1.807, 2.05) is 0 Å². The number of hydrogen-bond acceptors (Lipinski definition) is 5. The maximum Gasteiger partial charge on any atom is 0.374 e. The summed E-state index contributed by atoms with van der Waals surface area (Å²) < 4.78 is 23.6. The molecular formula is C18H11ClFNO5. The quantitative estimate of drug-likeness (QED) is 0.706. The van der Waals surface area contributed by atoms with Gasteiger partial charge < -0.3 is 14.5 Å². The summed E-state index contributed by atoms with van der Waals surface area (Å²) in [4.78, 5) is 35.8. The molecule has 8 heteroatoms. The Bertz CT molecular complexity index is 1060. The first-order valence-electron chi connectivity index (χ1n) is 7.39. The van der Waals surface area contributed by atoms with E-state index in [-0.39, 0.29) is 22.4 Å². The van der Waals surface area contributed by atoms with Gasteiger partial charge in [-0.25, -0.2) is 9.18 Å². The summed E-state index contributed by atoms with van der Waals surface area (Å²) >= 11 is 5.81. The molecule has 3 aromatic rings. The number of esters is 1. The summed E-state index contributed by atoms with van der Waals surface area (Å²) in [6, 6.07) is 10.9. The number of nitrogens with one attached hydrogen (secondary N) is 1. The smallest absolute Gasteiger partial charge is 0.374 e. The SMILES string of the molecule is O=C(COC(=O)c1cc(=O)c2cc(Cl)ccc2o1)Nc1ccccc1F. The van der Waals surface area contributed by atoms with E-state index in [4.69, 9.17) is 20.8 Å². The number of carbonyl (C=O) groups excluding carboxylic acids is 2. The number of rotatable bonds is 4. The van der Waals surface area contributed by atoms with Crippen molar-refractivity contribution in [3.63, 3.8) is 0 Å². The lowest BCUT2D eigenvalue weighted by Gasteiger charge is -2.07. The molecule has 26 heavy (non-hydrogen) atoms. The fourth-order valence-electron chi connectivity index (χ4n) is 2.18. The molecule has 0 radical (unpaired) electrons. The number of carbonyl (C=O) groups is 2. The van der Waals surface area contributed by atoms with Crippen molar-refractivity contribution in [2.75, 3.05) is 11.9 Å². The predicted molar refractivity (Wildman–Crippen MR) is 92.8 cm³/mol. The minimum Gasteiger partial charge on any atom is -0.450 e. The van der Waals surface area contributed by atoms with Crippen molar-refractivity contribution >= 4 is 40.1 Å². The van der Waals surface area contributed by atoms with Gasteiger partial charge >= 0.3 is 5.97 Å². The van der Waals surface area contributed by atoms with Crippen LogP contribution in [0.5, 0.6) is 0 Å². The van der Waals surface area contributed by atoms with Crippen molar-refractivity contribution in [3.05, 3.63) is 75.4 Å². The molecule has 6 nitrogen and oxygen atoms in total. The van der Waals surface area contributed by atoms with E-state index in [1.54, 1.807) is 6.07 Å².